The summed E-state index contributed by atoms with van der Waals surface area (Å²) in [4.78, 5) is 2.25. The Labute approximate surface area is 83.1 Å². The summed E-state index contributed by atoms with van der Waals surface area (Å²) in [6, 6.07) is 0. The molecule has 0 saturated heterocycles. The van der Waals surface area contributed by atoms with Crippen LogP contribution in [-0.4, -0.2) is 44.7 Å². The molecule has 0 unspecified atom stereocenters. The number of nitrogens with two attached hydrogens (primary N) is 1. The first kappa shape index (κ1) is 9.39. The van der Waals surface area contributed by atoms with Gasteiger partial charge in [-0.1, -0.05) is 5.10 Å². The van der Waals surface area contributed by atoms with E-state index in [1.165, 1.54) is 19.3 Å². The highest BCUT2D eigenvalue weighted by atomic mass is 15.6. The molecule has 1 aliphatic rings. The number of hydrogen-bond donors (Lipinski definition) is 1. The van der Waals surface area contributed by atoms with Gasteiger partial charge in [0.15, 0.2) is 0 Å². The number of anilines is 1. The van der Waals surface area contributed by atoms with Crippen molar-refractivity contribution in [2.75, 3.05) is 19.8 Å². The van der Waals surface area contributed by atoms with Crippen LogP contribution in [-0.2, 0) is 6.54 Å². The minimum absolute atomic E-state index is 0.212. The molecule has 1 saturated carbocycles. The second-order valence-electron chi connectivity index (χ2n) is 4.17. The lowest BCUT2D eigenvalue weighted by Gasteiger charge is -2.47. The molecule has 0 aliphatic heterocycles. The van der Waals surface area contributed by atoms with Crippen LogP contribution in [0.15, 0.2) is 0 Å². The third kappa shape index (κ3) is 1.35. The summed E-state index contributed by atoms with van der Waals surface area (Å²) in [5, 5.41) is 11.1. The SMILES string of the molecule is CN(C)C1(Cn2nnnc2N)CCC1. The molecule has 1 aromatic rings. The van der Waals surface area contributed by atoms with Gasteiger partial charge >= 0.3 is 0 Å². The van der Waals surface area contributed by atoms with Gasteiger partial charge in [0.05, 0.1) is 6.54 Å². The van der Waals surface area contributed by atoms with Crippen molar-refractivity contribution in [3.8, 4) is 0 Å². The summed E-state index contributed by atoms with van der Waals surface area (Å²) >= 11 is 0. The van der Waals surface area contributed by atoms with Crippen molar-refractivity contribution in [3.05, 3.63) is 0 Å². The predicted octanol–water partition coefficient (Wildman–Crippen LogP) is -0.260. The molecular formula is C8H16N6. The first-order valence-corrected chi connectivity index (χ1v) is 4.83. The molecule has 6 nitrogen and oxygen atoms in total. The zero-order chi connectivity index (χ0) is 10.2. The van der Waals surface area contributed by atoms with E-state index in [4.69, 9.17) is 5.73 Å². The van der Waals surface area contributed by atoms with Gasteiger partial charge in [-0.2, -0.15) is 0 Å². The summed E-state index contributed by atoms with van der Waals surface area (Å²) < 4.78 is 1.68. The zero-order valence-corrected chi connectivity index (χ0v) is 8.64. The maximum atomic E-state index is 5.64. The Hall–Kier alpha value is -1.17. The monoisotopic (exact) mass is 196 g/mol. The van der Waals surface area contributed by atoms with Gasteiger partial charge < -0.3 is 10.6 Å². The van der Waals surface area contributed by atoms with Gasteiger partial charge in [0.2, 0.25) is 5.95 Å². The van der Waals surface area contributed by atoms with Crippen molar-refractivity contribution in [3.63, 3.8) is 0 Å². The molecule has 1 aromatic heterocycles. The molecule has 0 amide bonds. The van der Waals surface area contributed by atoms with Gasteiger partial charge in [-0.3, -0.25) is 0 Å². The molecule has 0 spiro atoms. The maximum absolute atomic E-state index is 5.64. The second-order valence-corrected chi connectivity index (χ2v) is 4.17. The Balaban J connectivity index is 2.13. The number of nitrogen functional groups attached to an aromatic ring is 1. The lowest BCUT2D eigenvalue weighted by Crippen LogP contribution is -2.53. The molecule has 0 aromatic carbocycles. The van der Waals surface area contributed by atoms with Crippen molar-refractivity contribution in [1.29, 1.82) is 0 Å². The van der Waals surface area contributed by atoms with Gasteiger partial charge in [-0.05, 0) is 43.8 Å². The van der Waals surface area contributed by atoms with Crippen LogP contribution < -0.4 is 5.73 Å². The highest BCUT2D eigenvalue weighted by Crippen LogP contribution is 2.37. The first-order chi connectivity index (χ1) is 6.64. The topological polar surface area (TPSA) is 72.9 Å². The van der Waals surface area contributed by atoms with Gasteiger partial charge in [-0.25, -0.2) is 4.68 Å². The van der Waals surface area contributed by atoms with Crippen LogP contribution in [0.3, 0.4) is 0 Å². The summed E-state index contributed by atoms with van der Waals surface area (Å²) in [6.45, 7) is 0.791. The van der Waals surface area contributed by atoms with Crippen LogP contribution in [0.4, 0.5) is 5.95 Å². The van der Waals surface area contributed by atoms with E-state index < -0.39 is 0 Å². The molecule has 2 N–H and O–H groups in total. The fraction of sp³-hybridized carbons (Fsp3) is 0.875. The van der Waals surface area contributed by atoms with Crippen LogP contribution >= 0.6 is 0 Å². The van der Waals surface area contributed by atoms with Gasteiger partial charge in [0, 0.05) is 5.54 Å². The van der Waals surface area contributed by atoms with Crippen LogP contribution in [0.2, 0.25) is 0 Å². The number of hydrogen-bond acceptors (Lipinski definition) is 5. The van der Waals surface area contributed by atoms with E-state index in [0.717, 1.165) is 6.54 Å². The normalized spacial score (nSPS) is 19.6. The van der Waals surface area contributed by atoms with Crippen molar-refractivity contribution < 1.29 is 0 Å². The molecule has 2 rings (SSSR count). The number of nitrogens with zero attached hydrogens (tertiary/aromatic N) is 5. The lowest BCUT2D eigenvalue weighted by molar-refractivity contribution is 0.0390. The van der Waals surface area contributed by atoms with E-state index in [0.29, 0.717) is 5.95 Å². The Kier molecular flexibility index (Phi) is 2.14. The summed E-state index contributed by atoms with van der Waals surface area (Å²) in [5.74, 6) is 0.401. The fourth-order valence-corrected chi connectivity index (χ4v) is 1.93. The van der Waals surface area contributed by atoms with Gasteiger partial charge in [0.25, 0.3) is 0 Å². The van der Waals surface area contributed by atoms with E-state index in [-0.39, 0.29) is 5.54 Å². The third-order valence-electron chi connectivity index (χ3n) is 3.24. The Morgan fingerprint density at radius 3 is 2.57 bits per heavy atom. The van der Waals surface area contributed by atoms with Crippen LogP contribution in [0.25, 0.3) is 0 Å². The molecule has 78 valence electrons. The van der Waals surface area contributed by atoms with E-state index in [1.807, 2.05) is 0 Å². The predicted molar refractivity (Wildman–Crippen MR) is 52.5 cm³/mol. The van der Waals surface area contributed by atoms with E-state index >= 15 is 0 Å². The standard InChI is InChI=1S/C8H16N6/c1-13(2)8(4-3-5-8)6-14-7(9)10-11-12-14/h3-6H2,1-2H3,(H2,9,10,12). The largest absolute Gasteiger partial charge is 0.367 e. The van der Waals surface area contributed by atoms with Crippen LogP contribution in [0.5, 0.6) is 0 Å². The number of aromatic nitrogens is 4. The van der Waals surface area contributed by atoms with Crippen molar-refractivity contribution in [2.45, 2.75) is 31.3 Å². The van der Waals surface area contributed by atoms with Gasteiger partial charge in [0.1, 0.15) is 0 Å². The minimum Gasteiger partial charge on any atom is -0.367 e. The average Bonchev–Trinajstić information content (AvgIpc) is 2.43. The molecular weight excluding hydrogens is 180 g/mol. The molecule has 1 fully saturated rings. The van der Waals surface area contributed by atoms with Gasteiger partial charge in [-0.15, -0.1) is 0 Å². The molecule has 0 radical (unpaired) electrons. The van der Waals surface area contributed by atoms with Crippen LogP contribution in [0, 0.1) is 0 Å². The lowest BCUT2D eigenvalue weighted by atomic mass is 9.75. The highest BCUT2D eigenvalue weighted by Gasteiger charge is 2.40. The second kappa shape index (κ2) is 3.20. The third-order valence-corrected chi connectivity index (χ3v) is 3.24. The van der Waals surface area contributed by atoms with Crippen molar-refractivity contribution >= 4 is 5.95 Å². The number of rotatable bonds is 3. The van der Waals surface area contributed by atoms with Crippen LogP contribution in [0.1, 0.15) is 19.3 Å². The summed E-state index contributed by atoms with van der Waals surface area (Å²) in [7, 11) is 4.19. The smallest absolute Gasteiger partial charge is 0.240 e. The molecule has 1 aliphatic carbocycles. The summed E-state index contributed by atoms with van der Waals surface area (Å²) in [6.07, 6.45) is 3.67. The van der Waals surface area contributed by atoms with E-state index in [1.54, 1.807) is 4.68 Å². The molecule has 6 heteroatoms. The van der Waals surface area contributed by atoms with Crippen molar-refractivity contribution in [2.24, 2.45) is 0 Å². The number of tetrazole rings is 1. The summed E-state index contributed by atoms with van der Waals surface area (Å²) in [5.41, 5.74) is 5.85. The maximum Gasteiger partial charge on any atom is 0.240 e. The van der Waals surface area contributed by atoms with E-state index in [2.05, 4.69) is 34.5 Å². The first-order valence-electron chi connectivity index (χ1n) is 4.83. The molecule has 0 bridgehead atoms. The molecule has 14 heavy (non-hydrogen) atoms. The fourth-order valence-electron chi connectivity index (χ4n) is 1.93. The molecule has 1 heterocycles. The zero-order valence-electron chi connectivity index (χ0n) is 8.64. The minimum atomic E-state index is 0.212. The quantitative estimate of drug-likeness (QED) is 0.721. The Morgan fingerprint density at radius 1 is 1.50 bits per heavy atom. The number of likely N-dealkylation sites (N-methyl/N-ethyl adjacent to an activating group) is 1. The van der Waals surface area contributed by atoms with Crippen molar-refractivity contribution in [1.82, 2.24) is 25.1 Å². The Bertz CT molecular complexity index is 313. The van der Waals surface area contributed by atoms with E-state index in [9.17, 15) is 0 Å². The highest BCUT2D eigenvalue weighted by molar-refractivity contribution is 5.12. The average molecular weight is 196 g/mol. The molecule has 0 atom stereocenters. The Morgan fingerprint density at radius 2 is 2.21 bits per heavy atom.